The van der Waals surface area contributed by atoms with E-state index in [4.69, 9.17) is 0 Å². The van der Waals surface area contributed by atoms with Crippen LogP contribution >= 0.6 is 0 Å². The van der Waals surface area contributed by atoms with Crippen molar-refractivity contribution in [1.29, 1.82) is 0 Å². The van der Waals surface area contributed by atoms with E-state index in [2.05, 4.69) is 63.3 Å². The first-order valence-electron chi connectivity index (χ1n) is 5.88. The molecule has 0 aliphatic rings. The van der Waals surface area contributed by atoms with Crippen LogP contribution in [0.1, 0.15) is 39.7 Å². The van der Waals surface area contributed by atoms with Crippen molar-refractivity contribution in [2.75, 3.05) is 6.54 Å². The third-order valence-corrected chi connectivity index (χ3v) is 3.30. The predicted octanol–water partition coefficient (Wildman–Crippen LogP) is 3.35. The minimum Gasteiger partial charge on any atom is -0.313 e. The van der Waals surface area contributed by atoms with Crippen LogP contribution in [0.2, 0.25) is 0 Å². The van der Waals surface area contributed by atoms with Gasteiger partial charge in [0.05, 0.1) is 0 Å². The Morgan fingerprint density at radius 1 is 1.20 bits per heavy atom. The number of nitrogens with one attached hydrogen (secondary N) is 1. The first-order chi connectivity index (χ1) is 7.09. The van der Waals surface area contributed by atoms with Gasteiger partial charge >= 0.3 is 0 Å². The highest BCUT2D eigenvalue weighted by Crippen LogP contribution is 2.26. The Labute approximate surface area is 93.9 Å². The van der Waals surface area contributed by atoms with Crippen molar-refractivity contribution in [3.63, 3.8) is 0 Å². The Bertz CT molecular complexity index is 277. The van der Waals surface area contributed by atoms with Crippen molar-refractivity contribution < 1.29 is 0 Å². The van der Waals surface area contributed by atoms with Gasteiger partial charge in [0.2, 0.25) is 0 Å². The Hall–Kier alpha value is -0.820. The van der Waals surface area contributed by atoms with Gasteiger partial charge in [0.15, 0.2) is 0 Å². The summed E-state index contributed by atoms with van der Waals surface area (Å²) in [6, 6.07) is 11.2. The number of hydrogen-bond donors (Lipinski definition) is 1. The van der Waals surface area contributed by atoms with Crippen LogP contribution in [0.25, 0.3) is 0 Å². The summed E-state index contributed by atoms with van der Waals surface area (Å²) in [7, 11) is 0. The fourth-order valence-electron chi connectivity index (χ4n) is 1.73. The Morgan fingerprint density at radius 2 is 1.80 bits per heavy atom. The van der Waals surface area contributed by atoms with E-state index < -0.39 is 0 Å². The topological polar surface area (TPSA) is 12.0 Å². The molecule has 0 amide bonds. The quantitative estimate of drug-likeness (QED) is 0.777. The molecule has 1 aromatic rings. The molecule has 0 saturated carbocycles. The maximum atomic E-state index is 3.57. The highest BCUT2D eigenvalue weighted by atomic mass is 14.9. The molecule has 1 heteroatoms. The summed E-state index contributed by atoms with van der Waals surface area (Å²) in [5, 5.41) is 3.57. The lowest BCUT2D eigenvalue weighted by Crippen LogP contribution is -2.42. The molecular formula is C14H23N. The number of benzene rings is 1. The van der Waals surface area contributed by atoms with Crippen LogP contribution in [0.3, 0.4) is 0 Å². The van der Waals surface area contributed by atoms with Gasteiger partial charge in [-0.25, -0.2) is 0 Å². The molecule has 0 radical (unpaired) electrons. The van der Waals surface area contributed by atoms with E-state index in [1.54, 1.807) is 0 Å². The molecule has 0 saturated heterocycles. The fraction of sp³-hybridized carbons (Fsp3) is 0.571. The van der Waals surface area contributed by atoms with Gasteiger partial charge in [0.1, 0.15) is 0 Å². The highest BCUT2D eigenvalue weighted by molar-refractivity contribution is 5.25. The van der Waals surface area contributed by atoms with Crippen molar-refractivity contribution in [3.8, 4) is 0 Å². The molecule has 1 unspecified atom stereocenters. The molecule has 1 rings (SSSR count). The second-order valence-corrected chi connectivity index (χ2v) is 4.76. The monoisotopic (exact) mass is 205 g/mol. The van der Waals surface area contributed by atoms with E-state index in [0.717, 1.165) is 6.54 Å². The van der Waals surface area contributed by atoms with Gasteiger partial charge in [-0.05, 0) is 25.5 Å². The van der Waals surface area contributed by atoms with Crippen LogP contribution < -0.4 is 5.32 Å². The predicted molar refractivity (Wildman–Crippen MR) is 67.2 cm³/mol. The third-order valence-electron chi connectivity index (χ3n) is 3.30. The summed E-state index contributed by atoms with van der Waals surface area (Å²) in [4.78, 5) is 0. The second-order valence-electron chi connectivity index (χ2n) is 4.76. The van der Waals surface area contributed by atoms with Crippen LogP contribution in [-0.4, -0.2) is 12.6 Å². The summed E-state index contributed by atoms with van der Waals surface area (Å²) in [6.45, 7) is 10.2. The normalized spacial score (nSPS) is 13.9. The van der Waals surface area contributed by atoms with Crippen LogP contribution in [0.4, 0.5) is 0 Å². The Morgan fingerprint density at radius 3 is 2.33 bits per heavy atom. The summed E-state index contributed by atoms with van der Waals surface area (Å²) in [5.41, 5.74) is 1.59. The van der Waals surface area contributed by atoms with Gasteiger partial charge in [0.25, 0.3) is 0 Å². The molecule has 1 aromatic carbocycles. The molecule has 15 heavy (non-hydrogen) atoms. The molecule has 0 aromatic heterocycles. The van der Waals surface area contributed by atoms with Crippen molar-refractivity contribution in [2.45, 2.75) is 45.6 Å². The van der Waals surface area contributed by atoms with Crippen molar-refractivity contribution in [3.05, 3.63) is 35.9 Å². The van der Waals surface area contributed by atoms with E-state index >= 15 is 0 Å². The summed E-state index contributed by atoms with van der Waals surface area (Å²) >= 11 is 0. The molecule has 1 atom stereocenters. The molecule has 0 bridgehead atoms. The first-order valence-corrected chi connectivity index (χ1v) is 5.88. The maximum absolute atomic E-state index is 3.57. The van der Waals surface area contributed by atoms with E-state index in [1.165, 1.54) is 12.0 Å². The molecule has 1 N–H and O–H groups in total. The lowest BCUT2D eigenvalue weighted by molar-refractivity contribution is 0.363. The van der Waals surface area contributed by atoms with Crippen LogP contribution in [0.15, 0.2) is 30.3 Å². The van der Waals surface area contributed by atoms with E-state index in [1.807, 2.05) is 0 Å². The molecule has 0 aliphatic carbocycles. The van der Waals surface area contributed by atoms with Crippen LogP contribution in [-0.2, 0) is 5.41 Å². The standard InChI is InChI=1S/C14H23N/c1-5-11-15-12(2)14(3,4)13-9-7-6-8-10-13/h6-10,12,15H,5,11H2,1-4H3. The Balaban J connectivity index is 2.73. The average Bonchev–Trinajstić information content (AvgIpc) is 2.27. The van der Waals surface area contributed by atoms with E-state index in [9.17, 15) is 0 Å². The van der Waals surface area contributed by atoms with Gasteiger partial charge in [0, 0.05) is 11.5 Å². The minimum absolute atomic E-state index is 0.191. The van der Waals surface area contributed by atoms with Gasteiger partial charge in [-0.2, -0.15) is 0 Å². The SMILES string of the molecule is CCCNC(C)C(C)(C)c1ccccc1. The van der Waals surface area contributed by atoms with E-state index in [-0.39, 0.29) is 5.41 Å². The zero-order valence-electron chi connectivity index (χ0n) is 10.4. The third kappa shape index (κ3) is 3.07. The average molecular weight is 205 g/mol. The fourth-order valence-corrected chi connectivity index (χ4v) is 1.73. The lowest BCUT2D eigenvalue weighted by Gasteiger charge is -2.33. The van der Waals surface area contributed by atoms with Crippen molar-refractivity contribution in [2.24, 2.45) is 0 Å². The highest BCUT2D eigenvalue weighted by Gasteiger charge is 2.26. The molecule has 0 fully saturated rings. The minimum atomic E-state index is 0.191. The molecule has 84 valence electrons. The first kappa shape index (κ1) is 12.3. The zero-order valence-corrected chi connectivity index (χ0v) is 10.4. The molecule has 0 heterocycles. The molecule has 0 aliphatic heterocycles. The van der Waals surface area contributed by atoms with E-state index in [0.29, 0.717) is 6.04 Å². The number of hydrogen-bond acceptors (Lipinski definition) is 1. The lowest BCUT2D eigenvalue weighted by atomic mass is 9.78. The smallest absolute Gasteiger partial charge is 0.0130 e. The zero-order chi connectivity index (χ0) is 11.3. The summed E-state index contributed by atoms with van der Waals surface area (Å²) in [6.07, 6.45) is 1.19. The van der Waals surface area contributed by atoms with Crippen molar-refractivity contribution >= 4 is 0 Å². The molecule has 0 spiro atoms. The van der Waals surface area contributed by atoms with Crippen molar-refractivity contribution in [1.82, 2.24) is 5.32 Å². The van der Waals surface area contributed by atoms with Gasteiger partial charge in [-0.15, -0.1) is 0 Å². The van der Waals surface area contributed by atoms with Gasteiger partial charge < -0.3 is 5.32 Å². The Kier molecular flexibility index (Phi) is 4.34. The van der Waals surface area contributed by atoms with Gasteiger partial charge in [-0.1, -0.05) is 51.1 Å². The van der Waals surface area contributed by atoms with Crippen LogP contribution in [0, 0.1) is 0 Å². The van der Waals surface area contributed by atoms with Gasteiger partial charge in [-0.3, -0.25) is 0 Å². The molecular weight excluding hydrogens is 182 g/mol. The largest absolute Gasteiger partial charge is 0.313 e. The summed E-state index contributed by atoms with van der Waals surface area (Å²) in [5.74, 6) is 0. The maximum Gasteiger partial charge on any atom is 0.0130 e. The van der Waals surface area contributed by atoms with Crippen LogP contribution in [0.5, 0.6) is 0 Å². The second kappa shape index (κ2) is 5.32. The number of rotatable bonds is 5. The summed E-state index contributed by atoms with van der Waals surface area (Å²) < 4.78 is 0. The molecule has 1 nitrogen and oxygen atoms in total.